The minimum absolute atomic E-state index is 0.0725. The van der Waals surface area contributed by atoms with Crippen LogP contribution in [-0.2, 0) is 5.41 Å². The fourth-order valence-corrected chi connectivity index (χ4v) is 2.74. The van der Waals surface area contributed by atoms with Gasteiger partial charge in [0, 0.05) is 23.6 Å². The molecule has 2 rings (SSSR count). The van der Waals surface area contributed by atoms with Crippen LogP contribution in [0.15, 0.2) is 12.1 Å². The van der Waals surface area contributed by atoms with Crippen molar-refractivity contribution >= 4 is 0 Å². The van der Waals surface area contributed by atoms with Crippen LogP contribution >= 0.6 is 0 Å². The second-order valence-electron chi connectivity index (χ2n) is 4.68. The van der Waals surface area contributed by atoms with Crippen molar-refractivity contribution in [2.75, 3.05) is 13.7 Å². The molecule has 0 radical (unpaired) electrons. The lowest BCUT2D eigenvalue weighted by atomic mass is 9.63. The van der Waals surface area contributed by atoms with E-state index in [-0.39, 0.29) is 11.2 Å². The molecule has 0 spiro atoms. The molecule has 0 atom stereocenters. The van der Waals surface area contributed by atoms with E-state index in [1.165, 1.54) is 12.0 Å². The highest BCUT2D eigenvalue weighted by molar-refractivity contribution is 5.51. The Morgan fingerprint density at radius 2 is 2.12 bits per heavy atom. The van der Waals surface area contributed by atoms with E-state index in [2.05, 4.69) is 0 Å². The van der Waals surface area contributed by atoms with Gasteiger partial charge in [0.25, 0.3) is 0 Å². The van der Waals surface area contributed by atoms with Gasteiger partial charge in [-0.1, -0.05) is 6.42 Å². The summed E-state index contributed by atoms with van der Waals surface area (Å²) in [4.78, 5) is 0. The van der Waals surface area contributed by atoms with Gasteiger partial charge >= 0.3 is 0 Å². The number of benzene rings is 1. The molecule has 0 aromatic heterocycles. The van der Waals surface area contributed by atoms with Crippen LogP contribution in [0.3, 0.4) is 0 Å². The van der Waals surface area contributed by atoms with Gasteiger partial charge in [-0.25, -0.2) is 0 Å². The number of aryl methyl sites for hydroxylation is 1. The average Bonchev–Trinajstić information content (AvgIpc) is 2.19. The number of nitrogens with two attached hydrogens (primary N) is 1. The molecule has 0 aliphatic heterocycles. The van der Waals surface area contributed by atoms with Crippen LogP contribution < -0.4 is 10.5 Å². The second kappa shape index (κ2) is 3.98. The fourth-order valence-electron chi connectivity index (χ4n) is 2.74. The predicted molar refractivity (Wildman–Crippen MR) is 64.0 cm³/mol. The van der Waals surface area contributed by atoms with Crippen molar-refractivity contribution in [2.45, 2.75) is 31.6 Å². The molecule has 0 saturated heterocycles. The lowest BCUT2D eigenvalue weighted by Gasteiger charge is -2.43. The van der Waals surface area contributed by atoms with E-state index in [0.29, 0.717) is 6.54 Å². The number of methoxy groups -OCH3 is 1. The molecular formula is C13H19NO2. The highest BCUT2D eigenvalue weighted by atomic mass is 16.5. The highest BCUT2D eigenvalue weighted by Gasteiger charge is 2.40. The third-order valence-corrected chi connectivity index (χ3v) is 3.74. The summed E-state index contributed by atoms with van der Waals surface area (Å²) in [5.74, 6) is 1.02. The first kappa shape index (κ1) is 11.3. The Kier molecular flexibility index (Phi) is 2.80. The molecule has 0 amide bonds. The molecule has 1 aromatic rings. The van der Waals surface area contributed by atoms with Gasteiger partial charge in [0.05, 0.1) is 7.11 Å². The van der Waals surface area contributed by atoms with Crippen molar-refractivity contribution in [1.29, 1.82) is 0 Å². The lowest BCUT2D eigenvalue weighted by Crippen LogP contribution is -2.42. The van der Waals surface area contributed by atoms with E-state index in [0.717, 1.165) is 24.2 Å². The second-order valence-corrected chi connectivity index (χ2v) is 4.68. The minimum atomic E-state index is 0.0725. The lowest BCUT2D eigenvalue weighted by molar-refractivity contribution is 0.242. The van der Waals surface area contributed by atoms with E-state index >= 15 is 0 Å². The Bertz CT molecular complexity index is 392. The summed E-state index contributed by atoms with van der Waals surface area (Å²) in [6.07, 6.45) is 3.46. The minimum Gasteiger partial charge on any atom is -0.508 e. The smallest absolute Gasteiger partial charge is 0.126 e. The number of hydrogen-bond donors (Lipinski definition) is 2. The van der Waals surface area contributed by atoms with Crippen LogP contribution in [0, 0.1) is 6.92 Å². The van der Waals surface area contributed by atoms with Crippen molar-refractivity contribution in [3.05, 3.63) is 23.3 Å². The molecule has 0 unspecified atom stereocenters. The zero-order chi connectivity index (χ0) is 11.8. The Morgan fingerprint density at radius 1 is 1.44 bits per heavy atom. The van der Waals surface area contributed by atoms with E-state index in [1.807, 2.05) is 6.92 Å². The standard InChI is InChI=1S/C13H19NO2/c1-9-6-10(15)7-11(16-2)12(9)13(8-14)4-3-5-13/h6-7,15H,3-5,8,14H2,1-2H3. The van der Waals surface area contributed by atoms with Crippen LogP contribution in [0.4, 0.5) is 0 Å². The predicted octanol–water partition coefficient (Wildman–Crippen LogP) is 2.09. The number of aromatic hydroxyl groups is 1. The maximum atomic E-state index is 9.57. The Hall–Kier alpha value is -1.22. The number of phenols is 1. The van der Waals surface area contributed by atoms with Gasteiger partial charge < -0.3 is 15.6 Å². The maximum absolute atomic E-state index is 9.57. The molecule has 1 saturated carbocycles. The zero-order valence-electron chi connectivity index (χ0n) is 9.92. The fraction of sp³-hybridized carbons (Fsp3) is 0.538. The number of phenolic OH excluding ortho intramolecular Hbond substituents is 1. The first-order valence-corrected chi connectivity index (χ1v) is 5.71. The largest absolute Gasteiger partial charge is 0.508 e. The molecule has 3 nitrogen and oxygen atoms in total. The first-order valence-electron chi connectivity index (χ1n) is 5.71. The molecule has 88 valence electrons. The van der Waals surface area contributed by atoms with E-state index in [9.17, 15) is 5.11 Å². The van der Waals surface area contributed by atoms with Gasteiger partial charge in [-0.2, -0.15) is 0 Å². The van der Waals surface area contributed by atoms with E-state index in [1.54, 1.807) is 19.2 Å². The topological polar surface area (TPSA) is 55.5 Å². The summed E-state index contributed by atoms with van der Waals surface area (Å²) in [5.41, 5.74) is 8.24. The maximum Gasteiger partial charge on any atom is 0.126 e. The molecule has 1 aliphatic carbocycles. The molecular weight excluding hydrogens is 202 g/mol. The SMILES string of the molecule is COc1cc(O)cc(C)c1C1(CN)CCC1. The quantitative estimate of drug-likeness (QED) is 0.821. The average molecular weight is 221 g/mol. The third kappa shape index (κ3) is 1.55. The van der Waals surface area contributed by atoms with E-state index in [4.69, 9.17) is 10.5 Å². The molecule has 0 heterocycles. The molecule has 1 fully saturated rings. The van der Waals surface area contributed by atoms with Crippen LogP contribution in [0.5, 0.6) is 11.5 Å². The monoisotopic (exact) mass is 221 g/mol. The van der Waals surface area contributed by atoms with Crippen LogP contribution in [-0.4, -0.2) is 18.8 Å². The Labute approximate surface area is 96.2 Å². The third-order valence-electron chi connectivity index (χ3n) is 3.74. The number of hydrogen-bond acceptors (Lipinski definition) is 3. The number of rotatable bonds is 3. The molecule has 1 aromatic carbocycles. The van der Waals surface area contributed by atoms with Crippen molar-refractivity contribution in [3.8, 4) is 11.5 Å². The normalized spacial score (nSPS) is 17.9. The van der Waals surface area contributed by atoms with Crippen LogP contribution in [0.2, 0.25) is 0 Å². The van der Waals surface area contributed by atoms with Crippen molar-refractivity contribution in [2.24, 2.45) is 5.73 Å². The summed E-state index contributed by atoms with van der Waals surface area (Å²) >= 11 is 0. The van der Waals surface area contributed by atoms with Crippen molar-refractivity contribution in [3.63, 3.8) is 0 Å². The molecule has 3 N–H and O–H groups in total. The van der Waals surface area contributed by atoms with Crippen LogP contribution in [0.1, 0.15) is 30.4 Å². The zero-order valence-corrected chi connectivity index (χ0v) is 9.92. The molecule has 3 heteroatoms. The molecule has 1 aliphatic rings. The molecule has 16 heavy (non-hydrogen) atoms. The van der Waals surface area contributed by atoms with Gasteiger partial charge in [0.1, 0.15) is 11.5 Å². The summed E-state index contributed by atoms with van der Waals surface area (Å²) in [7, 11) is 1.64. The Balaban J connectivity index is 2.54. The number of ether oxygens (including phenoxy) is 1. The highest BCUT2D eigenvalue weighted by Crippen LogP contribution is 2.48. The van der Waals surface area contributed by atoms with E-state index < -0.39 is 0 Å². The summed E-state index contributed by atoms with van der Waals surface area (Å²) < 4.78 is 5.38. The first-order chi connectivity index (χ1) is 7.63. The van der Waals surface area contributed by atoms with Crippen molar-refractivity contribution in [1.82, 2.24) is 0 Å². The summed E-state index contributed by atoms with van der Waals surface area (Å²) in [6, 6.07) is 3.46. The van der Waals surface area contributed by atoms with Crippen molar-refractivity contribution < 1.29 is 9.84 Å². The van der Waals surface area contributed by atoms with Gasteiger partial charge in [0.15, 0.2) is 0 Å². The summed E-state index contributed by atoms with van der Waals surface area (Å²) in [5, 5.41) is 9.57. The van der Waals surface area contributed by atoms with Gasteiger partial charge in [-0.3, -0.25) is 0 Å². The van der Waals surface area contributed by atoms with Gasteiger partial charge in [0.2, 0.25) is 0 Å². The van der Waals surface area contributed by atoms with Gasteiger partial charge in [-0.05, 0) is 31.4 Å². The van der Waals surface area contributed by atoms with Gasteiger partial charge in [-0.15, -0.1) is 0 Å². The summed E-state index contributed by atoms with van der Waals surface area (Å²) in [6.45, 7) is 2.66. The molecule has 0 bridgehead atoms. The van der Waals surface area contributed by atoms with Crippen LogP contribution in [0.25, 0.3) is 0 Å². The Morgan fingerprint density at radius 3 is 2.56 bits per heavy atom.